The number of carbonyl (C=O) groups is 1. The molecule has 1 rings (SSSR count). The summed E-state index contributed by atoms with van der Waals surface area (Å²) in [6.07, 6.45) is 0.342. The molecule has 0 atom stereocenters. The maximum atomic E-state index is 11.5. The van der Waals surface area contributed by atoms with E-state index in [0.717, 1.165) is 3.57 Å². The Balaban J connectivity index is 2.62. The van der Waals surface area contributed by atoms with E-state index >= 15 is 0 Å². The third-order valence-corrected chi connectivity index (χ3v) is 2.58. The van der Waals surface area contributed by atoms with Gasteiger partial charge in [-0.2, -0.15) is 5.26 Å². The van der Waals surface area contributed by atoms with Crippen molar-refractivity contribution in [2.24, 2.45) is 0 Å². The fourth-order valence-corrected chi connectivity index (χ4v) is 1.60. The second-order valence-corrected chi connectivity index (χ2v) is 3.81. The maximum absolute atomic E-state index is 11.5. The van der Waals surface area contributed by atoms with Crippen LogP contribution in [0.15, 0.2) is 24.3 Å². The minimum Gasteiger partial charge on any atom is -0.351 e. The summed E-state index contributed by atoms with van der Waals surface area (Å²) in [5.41, 5.74) is 0.658. The number of benzene rings is 1. The first-order valence-corrected chi connectivity index (χ1v) is 5.23. The summed E-state index contributed by atoms with van der Waals surface area (Å²) in [7, 11) is 0. The van der Waals surface area contributed by atoms with Gasteiger partial charge in [-0.3, -0.25) is 4.79 Å². The fourth-order valence-electron chi connectivity index (χ4n) is 0.973. The molecule has 1 amide bonds. The van der Waals surface area contributed by atoms with Crippen molar-refractivity contribution < 1.29 is 4.79 Å². The van der Waals surface area contributed by atoms with E-state index in [9.17, 15) is 4.79 Å². The summed E-state index contributed by atoms with van der Waals surface area (Å²) in [5, 5.41) is 11.0. The molecule has 1 N–H and O–H groups in total. The van der Waals surface area contributed by atoms with Gasteiger partial charge in [0.2, 0.25) is 0 Å². The van der Waals surface area contributed by atoms with Gasteiger partial charge < -0.3 is 5.32 Å². The van der Waals surface area contributed by atoms with Crippen LogP contribution in [0.25, 0.3) is 0 Å². The van der Waals surface area contributed by atoms with Gasteiger partial charge >= 0.3 is 0 Å². The van der Waals surface area contributed by atoms with Crippen LogP contribution in [0, 0.1) is 14.9 Å². The summed E-state index contributed by atoms with van der Waals surface area (Å²) in [6, 6.07) is 9.32. The van der Waals surface area contributed by atoms with Gasteiger partial charge in [-0.1, -0.05) is 12.1 Å². The van der Waals surface area contributed by atoms with Crippen molar-refractivity contribution in [3.63, 3.8) is 0 Å². The largest absolute Gasteiger partial charge is 0.351 e. The molecule has 0 radical (unpaired) electrons. The second-order valence-electron chi connectivity index (χ2n) is 2.64. The van der Waals surface area contributed by atoms with Gasteiger partial charge in [-0.25, -0.2) is 0 Å². The smallest absolute Gasteiger partial charge is 0.252 e. The topological polar surface area (TPSA) is 52.9 Å². The van der Waals surface area contributed by atoms with Crippen LogP contribution in [0.5, 0.6) is 0 Å². The predicted octanol–water partition coefficient (Wildman–Crippen LogP) is 1.93. The molecule has 4 heteroatoms. The molecule has 3 nitrogen and oxygen atoms in total. The van der Waals surface area contributed by atoms with Crippen molar-refractivity contribution in [3.8, 4) is 6.07 Å². The summed E-state index contributed by atoms with van der Waals surface area (Å²) in [6.45, 7) is 0.403. The summed E-state index contributed by atoms with van der Waals surface area (Å²) >= 11 is 2.11. The van der Waals surface area contributed by atoms with Crippen LogP contribution in [0.2, 0.25) is 0 Å². The van der Waals surface area contributed by atoms with Crippen molar-refractivity contribution in [2.45, 2.75) is 6.42 Å². The standard InChI is InChI=1S/C10H9IN2O/c11-9-5-2-1-4-8(9)10(14)13-7-3-6-12/h1-2,4-5H,3,7H2,(H,13,14). The summed E-state index contributed by atoms with van der Waals surface area (Å²) in [4.78, 5) is 11.5. The third-order valence-electron chi connectivity index (χ3n) is 1.64. The van der Waals surface area contributed by atoms with E-state index in [-0.39, 0.29) is 5.91 Å². The number of hydrogen-bond donors (Lipinski definition) is 1. The van der Waals surface area contributed by atoms with Crippen LogP contribution >= 0.6 is 22.6 Å². The molecule has 0 saturated heterocycles. The molecule has 0 heterocycles. The SMILES string of the molecule is N#CCCNC(=O)c1ccccc1I. The van der Waals surface area contributed by atoms with Gasteiger partial charge in [0.1, 0.15) is 0 Å². The number of hydrogen-bond acceptors (Lipinski definition) is 2. The Morgan fingerprint density at radius 2 is 2.21 bits per heavy atom. The molecular weight excluding hydrogens is 291 g/mol. The van der Waals surface area contributed by atoms with Crippen LogP contribution in [0.4, 0.5) is 0 Å². The van der Waals surface area contributed by atoms with Crippen molar-refractivity contribution in [2.75, 3.05) is 6.54 Å². The maximum Gasteiger partial charge on any atom is 0.252 e. The highest BCUT2D eigenvalue weighted by molar-refractivity contribution is 14.1. The molecule has 0 saturated carbocycles. The molecule has 0 fully saturated rings. The lowest BCUT2D eigenvalue weighted by molar-refractivity contribution is 0.0953. The monoisotopic (exact) mass is 300 g/mol. The van der Waals surface area contributed by atoms with E-state index in [0.29, 0.717) is 18.5 Å². The van der Waals surface area contributed by atoms with Crippen molar-refractivity contribution in [3.05, 3.63) is 33.4 Å². The zero-order valence-electron chi connectivity index (χ0n) is 7.46. The Morgan fingerprint density at radius 3 is 2.86 bits per heavy atom. The lowest BCUT2D eigenvalue weighted by Gasteiger charge is -2.04. The number of nitriles is 1. The number of rotatable bonds is 3. The first-order chi connectivity index (χ1) is 6.75. The zero-order chi connectivity index (χ0) is 10.4. The van der Waals surface area contributed by atoms with E-state index < -0.39 is 0 Å². The van der Waals surface area contributed by atoms with E-state index in [2.05, 4.69) is 27.9 Å². The highest BCUT2D eigenvalue weighted by Gasteiger charge is 2.07. The normalized spacial score (nSPS) is 9.14. The van der Waals surface area contributed by atoms with Gasteiger partial charge in [0.15, 0.2) is 0 Å². The Bertz CT molecular complexity index is 371. The molecule has 72 valence electrons. The summed E-state index contributed by atoms with van der Waals surface area (Å²) < 4.78 is 0.916. The number of halogens is 1. The van der Waals surface area contributed by atoms with Crippen LogP contribution in [-0.2, 0) is 0 Å². The molecule has 0 aliphatic carbocycles. The lowest BCUT2D eigenvalue weighted by atomic mass is 10.2. The van der Waals surface area contributed by atoms with Gasteiger partial charge in [-0.05, 0) is 34.7 Å². The average molecular weight is 300 g/mol. The van der Waals surface area contributed by atoms with Gasteiger partial charge in [-0.15, -0.1) is 0 Å². The first-order valence-electron chi connectivity index (χ1n) is 4.15. The molecule has 0 spiro atoms. The molecule has 0 unspecified atom stereocenters. The highest BCUT2D eigenvalue weighted by atomic mass is 127. The molecule has 1 aromatic carbocycles. The Morgan fingerprint density at radius 1 is 1.50 bits per heavy atom. The Labute approximate surface area is 96.3 Å². The number of nitrogens with one attached hydrogen (secondary N) is 1. The van der Waals surface area contributed by atoms with Gasteiger partial charge in [0.05, 0.1) is 18.1 Å². The molecule has 1 aromatic rings. The minimum absolute atomic E-state index is 0.120. The minimum atomic E-state index is -0.120. The first kappa shape index (κ1) is 11.0. The van der Waals surface area contributed by atoms with Crippen LogP contribution in [-0.4, -0.2) is 12.5 Å². The average Bonchev–Trinajstić information content (AvgIpc) is 2.18. The molecule has 0 aliphatic rings. The van der Waals surface area contributed by atoms with E-state index in [1.54, 1.807) is 6.07 Å². The predicted molar refractivity (Wildman–Crippen MR) is 61.7 cm³/mol. The van der Waals surface area contributed by atoms with Crippen molar-refractivity contribution in [1.29, 1.82) is 5.26 Å². The molecule has 0 aromatic heterocycles. The van der Waals surface area contributed by atoms with E-state index in [1.165, 1.54) is 0 Å². The number of carbonyl (C=O) groups excluding carboxylic acids is 1. The van der Waals surface area contributed by atoms with Crippen LogP contribution < -0.4 is 5.32 Å². The van der Waals surface area contributed by atoms with Crippen LogP contribution in [0.3, 0.4) is 0 Å². The second kappa shape index (κ2) is 5.60. The zero-order valence-corrected chi connectivity index (χ0v) is 9.61. The number of nitrogens with zero attached hydrogens (tertiary/aromatic N) is 1. The highest BCUT2D eigenvalue weighted by Crippen LogP contribution is 2.10. The Kier molecular flexibility index (Phi) is 4.40. The van der Waals surface area contributed by atoms with Gasteiger partial charge in [0.25, 0.3) is 5.91 Å². The third kappa shape index (κ3) is 3.00. The molecule has 0 bridgehead atoms. The molecule has 14 heavy (non-hydrogen) atoms. The van der Waals surface area contributed by atoms with E-state index in [4.69, 9.17) is 5.26 Å². The van der Waals surface area contributed by atoms with Crippen LogP contribution in [0.1, 0.15) is 16.8 Å². The number of amides is 1. The summed E-state index contributed by atoms with van der Waals surface area (Å²) in [5.74, 6) is -0.120. The Hall–Kier alpha value is -1.09. The molecule has 0 aliphatic heterocycles. The fraction of sp³-hybridized carbons (Fsp3) is 0.200. The quantitative estimate of drug-likeness (QED) is 0.685. The van der Waals surface area contributed by atoms with E-state index in [1.807, 2.05) is 24.3 Å². The van der Waals surface area contributed by atoms with Crippen molar-refractivity contribution >= 4 is 28.5 Å². The lowest BCUT2D eigenvalue weighted by Crippen LogP contribution is -2.24. The van der Waals surface area contributed by atoms with Gasteiger partial charge in [0, 0.05) is 10.1 Å². The molecular formula is C10H9IN2O. The van der Waals surface area contributed by atoms with Crippen molar-refractivity contribution in [1.82, 2.24) is 5.32 Å².